The van der Waals surface area contributed by atoms with E-state index in [2.05, 4.69) is 5.32 Å². The van der Waals surface area contributed by atoms with Crippen LogP contribution in [0.5, 0.6) is 5.75 Å². The highest BCUT2D eigenvalue weighted by molar-refractivity contribution is 7.92. The Morgan fingerprint density at radius 2 is 1.62 bits per heavy atom. The van der Waals surface area contributed by atoms with Crippen LogP contribution in [0.25, 0.3) is 0 Å². The first-order valence-corrected chi connectivity index (χ1v) is 13.1. The lowest BCUT2D eigenvalue weighted by molar-refractivity contribution is 0.102. The van der Waals surface area contributed by atoms with Crippen molar-refractivity contribution in [2.24, 2.45) is 5.14 Å². The number of carbonyl (C=O) groups excluding carboxylic acids is 1. The van der Waals surface area contributed by atoms with Crippen LogP contribution in [0.4, 0.5) is 15.8 Å². The van der Waals surface area contributed by atoms with E-state index in [1.807, 2.05) is 0 Å². The zero-order valence-electron chi connectivity index (χ0n) is 18.2. The van der Waals surface area contributed by atoms with Gasteiger partial charge in [0.2, 0.25) is 20.0 Å². The molecule has 3 aromatic rings. The molecule has 0 aliphatic heterocycles. The molecule has 0 radical (unpaired) electrons. The number of rotatable bonds is 8. The smallest absolute Gasteiger partial charge is 0.255 e. The van der Waals surface area contributed by atoms with E-state index in [4.69, 9.17) is 9.88 Å². The number of carbonyl (C=O) groups is 1. The van der Waals surface area contributed by atoms with Crippen molar-refractivity contribution in [3.05, 3.63) is 83.7 Å². The minimum Gasteiger partial charge on any atom is -0.496 e. The van der Waals surface area contributed by atoms with Crippen molar-refractivity contribution in [3.63, 3.8) is 0 Å². The maximum absolute atomic E-state index is 13.3. The summed E-state index contributed by atoms with van der Waals surface area (Å²) >= 11 is 0. The molecule has 0 aliphatic rings. The van der Waals surface area contributed by atoms with Gasteiger partial charge in [0.25, 0.3) is 5.91 Å². The molecule has 0 aromatic heterocycles. The average molecular weight is 508 g/mol. The van der Waals surface area contributed by atoms with Crippen molar-refractivity contribution in [3.8, 4) is 5.75 Å². The molecule has 3 rings (SSSR count). The van der Waals surface area contributed by atoms with Gasteiger partial charge in [-0.25, -0.2) is 26.4 Å². The minimum absolute atomic E-state index is 0.0982. The molecule has 0 bridgehead atoms. The number of halogens is 1. The summed E-state index contributed by atoms with van der Waals surface area (Å²) in [5.41, 5.74) is 1.18. The lowest BCUT2D eigenvalue weighted by Gasteiger charge is -2.24. The van der Waals surface area contributed by atoms with E-state index in [1.165, 1.54) is 61.7 Å². The Bertz CT molecular complexity index is 1410. The highest BCUT2D eigenvalue weighted by Gasteiger charge is 2.21. The van der Waals surface area contributed by atoms with Crippen LogP contribution in [-0.2, 0) is 26.6 Å². The minimum atomic E-state index is -3.86. The SMILES string of the molecule is COc1ccc(C(=O)Nc2ccc(S(N)(=O)=O)cc2)cc1CN(c1ccc(F)cc1)S(C)(=O)=O. The molecule has 9 nitrogen and oxygen atoms in total. The quantitative estimate of drug-likeness (QED) is 0.481. The van der Waals surface area contributed by atoms with E-state index in [1.54, 1.807) is 0 Å². The Hall–Kier alpha value is -3.48. The van der Waals surface area contributed by atoms with Crippen LogP contribution in [0.1, 0.15) is 15.9 Å². The van der Waals surface area contributed by atoms with Crippen molar-refractivity contribution in [2.45, 2.75) is 11.4 Å². The van der Waals surface area contributed by atoms with Crippen molar-refractivity contribution in [1.29, 1.82) is 0 Å². The van der Waals surface area contributed by atoms with Gasteiger partial charge in [-0.15, -0.1) is 0 Å². The number of anilines is 2. The number of methoxy groups -OCH3 is 1. The first-order chi connectivity index (χ1) is 15.9. The largest absolute Gasteiger partial charge is 0.496 e. The Labute approximate surface area is 197 Å². The molecule has 12 heteroatoms. The lowest BCUT2D eigenvalue weighted by atomic mass is 10.1. The number of ether oxygens (including phenoxy) is 1. The Morgan fingerprint density at radius 3 is 2.15 bits per heavy atom. The van der Waals surface area contributed by atoms with Gasteiger partial charge in [-0.05, 0) is 66.7 Å². The van der Waals surface area contributed by atoms with Gasteiger partial charge in [0.05, 0.1) is 30.5 Å². The van der Waals surface area contributed by atoms with Gasteiger partial charge in [-0.3, -0.25) is 9.10 Å². The van der Waals surface area contributed by atoms with Crippen LogP contribution in [-0.4, -0.2) is 36.1 Å². The van der Waals surface area contributed by atoms with Gasteiger partial charge in [-0.2, -0.15) is 0 Å². The van der Waals surface area contributed by atoms with E-state index < -0.39 is 31.8 Å². The molecule has 0 saturated heterocycles. The summed E-state index contributed by atoms with van der Waals surface area (Å²) in [5.74, 6) is -0.671. The Morgan fingerprint density at radius 1 is 1.00 bits per heavy atom. The Kier molecular flexibility index (Phi) is 7.24. The summed E-state index contributed by atoms with van der Waals surface area (Å²) in [4.78, 5) is 12.7. The van der Waals surface area contributed by atoms with Crippen molar-refractivity contribution in [1.82, 2.24) is 0 Å². The standard InChI is InChI=1S/C22H22FN3O6S2/c1-32-21-12-3-15(22(27)25-18-6-10-20(11-7-18)34(24,30)31)13-16(21)14-26(33(2,28)29)19-8-4-17(23)5-9-19/h3-13H,14H2,1-2H3,(H,25,27)(H2,24,30,31). The zero-order valence-corrected chi connectivity index (χ0v) is 19.9. The third-order valence-corrected chi connectivity index (χ3v) is 6.88. The second-order valence-corrected chi connectivity index (χ2v) is 10.8. The van der Waals surface area contributed by atoms with E-state index in [9.17, 15) is 26.0 Å². The third-order valence-electron chi connectivity index (χ3n) is 4.81. The molecule has 0 atom stereocenters. The summed E-state index contributed by atoms with van der Waals surface area (Å²) in [6.07, 6.45) is 1.02. The average Bonchev–Trinajstić information content (AvgIpc) is 2.77. The summed E-state index contributed by atoms with van der Waals surface area (Å²) in [5, 5.41) is 7.70. The first-order valence-electron chi connectivity index (χ1n) is 9.73. The predicted octanol–water partition coefficient (Wildman–Crippen LogP) is 2.70. The fourth-order valence-electron chi connectivity index (χ4n) is 3.14. The summed E-state index contributed by atoms with van der Waals surface area (Å²) in [6.45, 7) is -0.169. The number of amides is 1. The molecule has 34 heavy (non-hydrogen) atoms. The van der Waals surface area contributed by atoms with E-state index in [0.29, 0.717) is 17.0 Å². The second-order valence-electron chi connectivity index (χ2n) is 7.30. The molecule has 0 spiro atoms. The molecule has 3 aromatic carbocycles. The molecular formula is C22H22FN3O6S2. The predicted molar refractivity (Wildman–Crippen MR) is 126 cm³/mol. The third kappa shape index (κ3) is 6.10. The number of hydrogen-bond donors (Lipinski definition) is 2. The van der Waals surface area contributed by atoms with Crippen molar-refractivity contribution in [2.75, 3.05) is 23.0 Å². The molecule has 0 fully saturated rings. The van der Waals surface area contributed by atoms with E-state index in [-0.39, 0.29) is 22.7 Å². The molecule has 0 unspecified atom stereocenters. The maximum atomic E-state index is 13.3. The molecule has 180 valence electrons. The molecular weight excluding hydrogens is 485 g/mol. The van der Waals surface area contributed by atoms with Gasteiger partial charge in [0, 0.05) is 16.8 Å². The topological polar surface area (TPSA) is 136 Å². The van der Waals surface area contributed by atoms with Gasteiger partial charge >= 0.3 is 0 Å². The molecule has 3 N–H and O–H groups in total. The molecule has 0 aliphatic carbocycles. The molecule has 1 amide bonds. The number of nitrogens with two attached hydrogens (primary N) is 1. The van der Waals surface area contributed by atoms with E-state index in [0.717, 1.165) is 22.7 Å². The number of nitrogens with one attached hydrogen (secondary N) is 1. The van der Waals surface area contributed by atoms with Crippen LogP contribution >= 0.6 is 0 Å². The van der Waals surface area contributed by atoms with Crippen molar-refractivity contribution >= 4 is 37.3 Å². The summed E-state index contributed by atoms with van der Waals surface area (Å²) in [7, 11) is -6.21. The number of nitrogens with zero attached hydrogens (tertiary/aromatic N) is 1. The van der Waals surface area contributed by atoms with Crippen LogP contribution in [0.15, 0.2) is 71.6 Å². The van der Waals surface area contributed by atoms with Crippen molar-refractivity contribution < 1.29 is 30.8 Å². The van der Waals surface area contributed by atoms with Crippen LogP contribution < -0.4 is 19.5 Å². The van der Waals surface area contributed by atoms with Gasteiger partial charge in [-0.1, -0.05) is 0 Å². The normalized spacial score (nSPS) is 11.6. The maximum Gasteiger partial charge on any atom is 0.255 e. The van der Waals surface area contributed by atoms with Crippen LogP contribution in [0.3, 0.4) is 0 Å². The number of primary sulfonamides is 1. The molecule has 0 heterocycles. The number of sulfonamides is 2. The van der Waals surface area contributed by atoms with Crippen LogP contribution in [0.2, 0.25) is 0 Å². The fraction of sp³-hybridized carbons (Fsp3) is 0.136. The first kappa shape index (κ1) is 25.1. The second kappa shape index (κ2) is 9.79. The van der Waals surface area contributed by atoms with Gasteiger partial charge in [0.15, 0.2) is 0 Å². The number of benzene rings is 3. The molecule has 0 saturated carbocycles. The van der Waals surface area contributed by atoms with E-state index >= 15 is 0 Å². The van der Waals surface area contributed by atoms with Crippen LogP contribution in [0, 0.1) is 5.82 Å². The highest BCUT2D eigenvalue weighted by Crippen LogP contribution is 2.27. The summed E-state index contributed by atoms with van der Waals surface area (Å²) in [6, 6.07) is 14.8. The monoisotopic (exact) mass is 507 g/mol. The zero-order chi connectivity index (χ0) is 25.1. The Balaban J connectivity index is 1.90. The lowest BCUT2D eigenvalue weighted by Crippen LogP contribution is -2.29. The number of hydrogen-bond acceptors (Lipinski definition) is 6. The van der Waals surface area contributed by atoms with Gasteiger partial charge < -0.3 is 10.1 Å². The van der Waals surface area contributed by atoms with Gasteiger partial charge in [0.1, 0.15) is 11.6 Å². The fourth-order valence-corrected chi connectivity index (χ4v) is 4.53. The highest BCUT2D eigenvalue weighted by atomic mass is 32.2. The summed E-state index contributed by atoms with van der Waals surface area (Å²) < 4.78 is 67.4.